The van der Waals surface area contributed by atoms with Crippen molar-refractivity contribution >= 4 is 44.3 Å². The van der Waals surface area contributed by atoms with E-state index in [0.29, 0.717) is 24.3 Å². The van der Waals surface area contributed by atoms with Gasteiger partial charge in [-0.15, -0.1) is 0 Å². The first-order valence-corrected chi connectivity index (χ1v) is 13.7. The number of amides is 1. The van der Waals surface area contributed by atoms with Gasteiger partial charge in [-0.1, -0.05) is 53.4 Å². The first kappa shape index (κ1) is 28.1. The lowest BCUT2D eigenvalue weighted by Crippen LogP contribution is -2.26. The summed E-state index contributed by atoms with van der Waals surface area (Å²) in [7, 11) is 0. The van der Waals surface area contributed by atoms with Crippen LogP contribution in [0.3, 0.4) is 0 Å². The van der Waals surface area contributed by atoms with Gasteiger partial charge in [0.2, 0.25) is 0 Å². The number of aromatic nitrogens is 1. The Labute approximate surface area is 238 Å². The highest BCUT2D eigenvalue weighted by Crippen LogP contribution is 2.30. The molecule has 0 aliphatic heterocycles. The highest BCUT2D eigenvalue weighted by molar-refractivity contribution is 9.10. The van der Waals surface area contributed by atoms with Gasteiger partial charge in [0.15, 0.2) is 0 Å². The van der Waals surface area contributed by atoms with E-state index in [1.165, 1.54) is 0 Å². The Bertz CT molecular complexity index is 1580. The number of aryl methyl sites for hydroxylation is 1. The molecule has 4 aromatic rings. The Morgan fingerprint density at radius 1 is 0.974 bits per heavy atom. The van der Waals surface area contributed by atoms with Crippen LogP contribution in [0.25, 0.3) is 16.5 Å². The number of hydrogen-bond donors (Lipinski definition) is 1. The van der Waals surface area contributed by atoms with Crippen molar-refractivity contribution in [3.05, 3.63) is 123 Å². The van der Waals surface area contributed by atoms with Crippen molar-refractivity contribution in [2.45, 2.75) is 40.3 Å². The van der Waals surface area contributed by atoms with Crippen LogP contribution in [0.2, 0.25) is 0 Å². The molecular weight excluding hydrogens is 552 g/mol. The second-order valence-corrected chi connectivity index (χ2v) is 10.6. The average molecular weight is 586 g/mol. The van der Waals surface area contributed by atoms with Crippen LogP contribution in [0.5, 0.6) is 0 Å². The molecule has 0 aliphatic rings. The van der Waals surface area contributed by atoms with E-state index in [0.717, 1.165) is 48.9 Å². The van der Waals surface area contributed by atoms with E-state index in [-0.39, 0.29) is 17.9 Å². The normalized spacial score (nSPS) is 11.7. The minimum atomic E-state index is -0.355. The standard InChI is InChI=1S/C33H33BrN2O3/c1-7-39-33(38)28-10-8-9-26(17-28)21(3)20(2)19-36-24(6)22(4)30-18-27(13-16-31(30)36)32(37)35-23(5)25-11-14-29(34)15-12-25/h8-18,23H,2-3,7,19H2,1,4-6H3,(H,35,37)/t23-/m0/s1. The van der Waals surface area contributed by atoms with Gasteiger partial charge < -0.3 is 14.6 Å². The highest BCUT2D eigenvalue weighted by Gasteiger charge is 2.17. The first-order valence-electron chi connectivity index (χ1n) is 12.9. The lowest BCUT2D eigenvalue weighted by atomic mass is 9.98. The van der Waals surface area contributed by atoms with Crippen LogP contribution in [0.15, 0.2) is 89.9 Å². The Kier molecular flexibility index (Phi) is 8.56. The molecule has 0 spiro atoms. The maximum atomic E-state index is 13.1. The molecule has 6 heteroatoms. The van der Waals surface area contributed by atoms with Crippen molar-refractivity contribution in [2.75, 3.05) is 6.61 Å². The summed E-state index contributed by atoms with van der Waals surface area (Å²) in [4.78, 5) is 25.3. The SMILES string of the molecule is C=C(Cn1c(C)c(C)c2cc(C(=O)N[C@@H](C)c3ccc(Br)cc3)ccc21)C(=C)c1cccc(C(=O)OCC)c1. The summed E-state index contributed by atoms with van der Waals surface area (Å²) >= 11 is 3.45. The van der Waals surface area contributed by atoms with Crippen molar-refractivity contribution in [2.24, 2.45) is 0 Å². The molecule has 4 rings (SSSR count). The number of nitrogens with one attached hydrogen (secondary N) is 1. The molecule has 0 aliphatic carbocycles. The number of rotatable bonds is 9. The minimum absolute atomic E-state index is 0.114. The molecule has 0 saturated heterocycles. The van der Waals surface area contributed by atoms with Crippen molar-refractivity contribution < 1.29 is 14.3 Å². The van der Waals surface area contributed by atoms with E-state index in [1.807, 2.05) is 61.5 Å². The molecule has 1 amide bonds. The zero-order valence-electron chi connectivity index (χ0n) is 22.8. The summed E-state index contributed by atoms with van der Waals surface area (Å²) in [5.41, 5.74) is 7.81. The van der Waals surface area contributed by atoms with Gasteiger partial charge in [-0.3, -0.25) is 4.79 Å². The summed E-state index contributed by atoms with van der Waals surface area (Å²) in [5.74, 6) is -0.469. The number of hydrogen-bond acceptors (Lipinski definition) is 3. The van der Waals surface area contributed by atoms with E-state index in [1.54, 1.807) is 19.1 Å². The molecule has 1 heterocycles. The Hall–Kier alpha value is -3.90. The van der Waals surface area contributed by atoms with Gasteiger partial charge in [0.1, 0.15) is 0 Å². The van der Waals surface area contributed by atoms with Crippen molar-refractivity contribution in [1.82, 2.24) is 9.88 Å². The van der Waals surface area contributed by atoms with E-state index in [4.69, 9.17) is 4.74 Å². The molecule has 0 unspecified atom stereocenters. The lowest BCUT2D eigenvalue weighted by molar-refractivity contribution is 0.0526. The molecule has 0 bridgehead atoms. The molecule has 0 fully saturated rings. The molecule has 200 valence electrons. The number of ether oxygens (including phenoxy) is 1. The van der Waals surface area contributed by atoms with Gasteiger partial charge in [-0.25, -0.2) is 4.79 Å². The number of halogens is 1. The number of benzene rings is 3. The van der Waals surface area contributed by atoms with E-state index in [2.05, 4.69) is 52.8 Å². The summed E-state index contributed by atoms with van der Waals surface area (Å²) in [6.45, 7) is 17.3. The van der Waals surface area contributed by atoms with Crippen LogP contribution in [0.1, 0.15) is 63.0 Å². The molecule has 1 aromatic heterocycles. The lowest BCUT2D eigenvalue weighted by Gasteiger charge is -2.15. The second kappa shape index (κ2) is 11.9. The molecule has 1 atom stereocenters. The Balaban J connectivity index is 1.54. The van der Waals surface area contributed by atoms with Crippen LogP contribution in [0.4, 0.5) is 0 Å². The maximum Gasteiger partial charge on any atom is 0.338 e. The fraction of sp³-hybridized carbons (Fsp3) is 0.212. The third-order valence-electron chi connectivity index (χ3n) is 7.12. The quantitative estimate of drug-likeness (QED) is 0.160. The van der Waals surface area contributed by atoms with E-state index < -0.39 is 0 Å². The van der Waals surface area contributed by atoms with Crippen LogP contribution < -0.4 is 5.32 Å². The fourth-order valence-electron chi connectivity index (χ4n) is 4.65. The van der Waals surface area contributed by atoms with E-state index >= 15 is 0 Å². The van der Waals surface area contributed by atoms with Gasteiger partial charge in [-0.2, -0.15) is 0 Å². The monoisotopic (exact) mass is 584 g/mol. The molecule has 5 nitrogen and oxygen atoms in total. The van der Waals surface area contributed by atoms with Crippen molar-refractivity contribution in [3.63, 3.8) is 0 Å². The number of fused-ring (bicyclic) bond motifs is 1. The highest BCUT2D eigenvalue weighted by atomic mass is 79.9. The summed E-state index contributed by atoms with van der Waals surface area (Å²) in [5, 5.41) is 4.13. The van der Waals surface area contributed by atoms with Crippen molar-refractivity contribution in [3.8, 4) is 0 Å². The molecule has 0 saturated carbocycles. The molecule has 0 radical (unpaired) electrons. The van der Waals surface area contributed by atoms with Gasteiger partial charge in [-0.05, 0) is 98.0 Å². The minimum Gasteiger partial charge on any atom is -0.462 e. The van der Waals surface area contributed by atoms with Gasteiger partial charge in [0.05, 0.1) is 18.2 Å². The van der Waals surface area contributed by atoms with Crippen LogP contribution in [0, 0.1) is 13.8 Å². The second-order valence-electron chi connectivity index (χ2n) is 9.66. The zero-order chi connectivity index (χ0) is 28.3. The zero-order valence-corrected chi connectivity index (χ0v) is 24.4. The number of carbonyl (C=O) groups excluding carboxylic acids is 2. The Morgan fingerprint density at radius 2 is 1.67 bits per heavy atom. The van der Waals surface area contributed by atoms with Gasteiger partial charge in [0.25, 0.3) is 5.91 Å². The average Bonchev–Trinajstić information content (AvgIpc) is 3.17. The fourth-order valence-corrected chi connectivity index (χ4v) is 4.91. The molecule has 39 heavy (non-hydrogen) atoms. The molecule has 3 aromatic carbocycles. The van der Waals surface area contributed by atoms with Crippen LogP contribution in [-0.4, -0.2) is 23.1 Å². The summed E-state index contributed by atoms with van der Waals surface area (Å²) in [6, 6.07) is 20.9. The van der Waals surface area contributed by atoms with Crippen LogP contribution in [-0.2, 0) is 11.3 Å². The Morgan fingerprint density at radius 3 is 2.36 bits per heavy atom. The number of allylic oxidation sites excluding steroid dienone is 2. The van der Waals surface area contributed by atoms with Crippen LogP contribution >= 0.6 is 15.9 Å². The topological polar surface area (TPSA) is 60.3 Å². The smallest absolute Gasteiger partial charge is 0.338 e. The van der Waals surface area contributed by atoms with Gasteiger partial charge >= 0.3 is 5.97 Å². The number of carbonyl (C=O) groups is 2. The molecular formula is C33H33BrN2O3. The van der Waals surface area contributed by atoms with E-state index in [9.17, 15) is 9.59 Å². The number of nitrogens with zero attached hydrogens (tertiary/aromatic N) is 1. The number of esters is 1. The third kappa shape index (κ3) is 6.07. The third-order valence-corrected chi connectivity index (χ3v) is 7.65. The molecule has 1 N–H and O–H groups in total. The largest absolute Gasteiger partial charge is 0.462 e. The predicted octanol–water partition coefficient (Wildman–Crippen LogP) is 7.96. The maximum absolute atomic E-state index is 13.1. The van der Waals surface area contributed by atoms with Gasteiger partial charge in [0, 0.05) is 33.2 Å². The summed E-state index contributed by atoms with van der Waals surface area (Å²) < 4.78 is 8.33. The van der Waals surface area contributed by atoms with Crippen molar-refractivity contribution in [1.29, 1.82) is 0 Å². The predicted molar refractivity (Wildman–Crippen MR) is 162 cm³/mol. The first-order chi connectivity index (χ1) is 18.6. The summed E-state index contributed by atoms with van der Waals surface area (Å²) in [6.07, 6.45) is 0.